The van der Waals surface area contributed by atoms with E-state index in [0.717, 1.165) is 6.54 Å². The number of carbonyl (C=O) groups excluding carboxylic acids is 1. The van der Waals surface area contributed by atoms with Gasteiger partial charge in [-0.05, 0) is 20.0 Å². The fourth-order valence-corrected chi connectivity index (χ4v) is 1.60. The Morgan fingerprint density at radius 3 is 2.31 bits per heavy atom. The third-order valence-corrected chi connectivity index (χ3v) is 2.92. The van der Waals surface area contributed by atoms with Crippen molar-refractivity contribution in [1.29, 1.82) is 0 Å². The minimum atomic E-state index is 0.151. The fraction of sp³-hybridized carbons (Fsp3) is 0.917. The average Bonchev–Trinajstić information content (AvgIpc) is 2.25. The molecule has 1 atom stereocenters. The van der Waals surface area contributed by atoms with E-state index >= 15 is 0 Å². The molecule has 0 rings (SSSR count). The normalized spacial score (nSPS) is 12.9. The first-order valence-corrected chi connectivity index (χ1v) is 6.13. The molecular weight excluding hydrogens is 202 g/mol. The zero-order chi connectivity index (χ0) is 12.6. The van der Waals surface area contributed by atoms with E-state index in [9.17, 15) is 4.79 Å². The predicted molar refractivity (Wildman–Crippen MR) is 68.3 cm³/mol. The number of nitrogens with two attached hydrogens (primary N) is 1. The smallest absolute Gasteiger partial charge is 0.223 e. The molecule has 0 fully saturated rings. The second-order valence-electron chi connectivity index (χ2n) is 4.57. The monoisotopic (exact) mass is 229 g/mol. The molecule has 0 spiro atoms. The zero-order valence-electron chi connectivity index (χ0n) is 11.2. The second-order valence-corrected chi connectivity index (χ2v) is 4.57. The van der Waals surface area contributed by atoms with Crippen molar-refractivity contribution in [3.63, 3.8) is 0 Å². The maximum absolute atomic E-state index is 11.6. The van der Waals surface area contributed by atoms with E-state index in [2.05, 4.69) is 18.9 Å². The third-order valence-electron chi connectivity index (χ3n) is 2.92. The van der Waals surface area contributed by atoms with Crippen LogP contribution in [0.15, 0.2) is 0 Å². The van der Waals surface area contributed by atoms with Crippen LogP contribution in [0.2, 0.25) is 0 Å². The van der Waals surface area contributed by atoms with E-state index in [0.29, 0.717) is 13.0 Å². The summed E-state index contributed by atoms with van der Waals surface area (Å²) in [7, 11) is 5.62. The van der Waals surface area contributed by atoms with Crippen LogP contribution in [-0.4, -0.2) is 56.0 Å². The minimum absolute atomic E-state index is 0.151. The number of amides is 1. The standard InChI is InChI=1S/C12H27N3O/c1-5-6-7-8-15(4)11(10-13)9-12(16)14(2)3/h11H,5-10,13H2,1-4H3. The lowest BCUT2D eigenvalue weighted by molar-refractivity contribution is -0.129. The Morgan fingerprint density at radius 2 is 1.88 bits per heavy atom. The highest BCUT2D eigenvalue weighted by molar-refractivity contribution is 5.76. The summed E-state index contributed by atoms with van der Waals surface area (Å²) in [5.41, 5.74) is 5.71. The van der Waals surface area contributed by atoms with Crippen LogP contribution in [0.5, 0.6) is 0 Å². The number of unbranched alkanes of at least 4 members (excludes halogenated alkanes) is 2. The molecule has 0 aromatic rings. The lowest BCUT2D eigenvalue weighted by Gasteiger charge is -2.27. The number of likely N-dealkylation sites (N-methyl/N-ethyl adjacent to an activating group) is 1. The van der Waals surface area contributed by atoms with Gasteiger partial charge in [0.1, 0.15) is 0 Å². The summed E-state index contributed by atoms with van der Waals surface area (Å²) in [5, 5.41) is 0. The van der Waals surface area contributed by atoms with Crippen LogP contribution in [0.4, 0.5) is 0 Å². The van der Waals surface area contributed by atoms with Gasteiger partial charge in [-0.25, -0.2) is 0 Å². The molecule has 16 heavy (non-hydrogen) atoms. The van der Waals surface area contributed by atoms with Gasteiger partial charge in [-0.3, -0.25) is 4.79 Å². The molecule has 0 bridgehead atoms. The molecule has 0 aliphatic rings. The highest BCUT2D eigenvalue weighted by Crippen LogP contribution is 2.05. The minimum Gasteiger partial charge on any atom is -0.349 e. The maximum atomic E-state index is 11.6. The van der Waals surface area contributed by atoms with E-state index in [1.807, 2.05) is 0 Å². The van der Waals surface area contributed by atoms with Gasteiger partial charge in [0.2, 0.25) is 5.91 Å². The lowest BCUT2D eigenvalue weighted by atomic mass is 10.1. The molecule has 0 aromatic heterocycles. The van der Waals surface area contributed by atoms with Crippen molar-refractivity contribution in [2.24, 2.45) is 5.73 Å². The van der Waals surface area contributed by atoms with Crippen molar-refractivity contribution in [1.82, 2.24) is 9.80 Å². The highest BCUT2D eigenvalue weighted by atomic mass is 16.2. The van der Waals surface area contributed by atoms with Gasteiger partial charge in [0.25, 0.3) is 0 Å². The summed E-state index contributed by atoms with van der Waals surface area (Å²) < 4.78 is 0. The second kappa shape index (κ2) is 8.53. The largest absolute Gasteiger partial charge is 0.349 e. The maximum Gasteiger partial charge on any atom is 0.223 e. The SMILES string of the molecule is CCCCCN(C)C(CN)CC(=O)N(C)C. The van der Waals surface area contributed by atoms with Crippen LogP contribution in [0.1, 0.15) is 32.6 Å². The van der Waals surface area contributed by atoms with E-state index in [1.54, 1.807) is 19.0 Å². The molecule has 96 valence electrons. The Labute approximate surface area is 99.8 Å². The van der Waals surface area contributed by atoms with Crippen molar-refractivity contribution in [2.75, 3.05) is 34.2 Å². The van der Waals surface area contributed by atoms with Crippen LogP contribution in [0, 0.1) is 0 Å². The Hall–Kier alpha value is -0.610. The van der Waals surface area contributed by atoms with Gasteiger partial charge < -0.3 is 15.5 Å². The highest BCUT2D eigenvalue weighted by Gasteiger charge is 2.17. The molecule has 4 heteroatoms. The van der Waals surface area contributed by atoms with Crippen molar-refractivity contribution in [2.45, 2.75) is 38.6 Å². The fourth-order valence-electron chi connectivity index (χ4n) is 1.60. The first kappa shape index (κ1) is 15.4. The summed E-state index contributed by atoms with van der Waals surface area (Å²) >= 11 is 0. The van der Waals surface area contributed by atoms with Gasteiger partial charge in [0.05, 0.1) is 0 Å². The van der Waals surface area contributed by atoms with E-state index in [1.165, 1.54) is 19.3 Å². The van der Waals surface area contributed by atoms with E-state index in [-0.39, 0.29) is 11.9 Å². The van der Waals surface area contributed by atoms with E-state index in [4.69, 9.17) is 5.73 Å². The quantitative estimate of drug-likeness (QED) is 0.630. The molecule has 4 nitrogen and oxygen atoms in total. The van der Waals surface area contributed by atoms with Crippen molar-refractivity contribution in [3.05, 3.63) is 0 Å². The molecule has 0 aliphatic carbocycles. The van der Waals surface area contributed by atoms with Gasteiger partial charge in [0.15, 0.2) is 0 Å². The van der Waals surface area contributed by atoms with Crippen LogP contribution in [0.25, 0.3) is 0 Å². The summed E-state index contributed by atoms with van der Waals surface area (Å²) in [6.45, 7) is 3.76. The third kappa shape index (κ3) is 6.08. The predicted octanol–water partition coefficient (Wildman–Crippen LogP) is 0.914. The van der Waals surface area contributed by atoms with Crippen molar-refractivity contribution < 1.29 is 4.79 Å². The van der Waals surface area contributed by atoms with Crippen molar-refractivity contribution in [3.8, 4) is 0 Å². The van der Waals surface area contributed by atoms with Gasteiger partial charge >= 0.3 is 0 Å². The first-order valence-electron chi connectivity index (χ1n) is 6.13. The molecule has 0 aliphatic heterocycles. The topological polar surface area (TPSA) is 49.6 Å². The summed E-state index contributed by atoms with van der Waals surface area (Å²) in [5.74, 6) is 0.151. The summed E-state index contributed by atoms with van der Waals surface area (Å²) in [4.78, 5) is 15.4. The Balaban J connectivity index is 4.00. The van der Waals surface area contributed by atoms with Gasteiger partial charge in [0, 0.05) is 33.1 Å². The molecule has 0 aromatic carbocycles. The molecule has 1 amide bonds. The Kier molecular flexibility index (Phi) is 8.21. The van der Waals surface area contributed by atoms with E-state index < -0.39 is 0 Å². The molecule has 0 saturated heterocycles. The number of carbonyl (C=O) groups is 1. The molecular formula is C12H27N3O. The molecule has 0 heterocycles. The van der Waals surface area contributed by atoms with Crippen LogP contribution < -0.4 is 5.73 Å². The zero-order valence-corrected chi connectivity index (χ0v) is 11.2. The van der Waals surface area contributed by atoms with Gasteiger partial charge in [-0.1, -0.05) is 19.8 Å². The average molecular weight is 229 g/mol. The van der Waals surface area contributed by atoms with Crippen LogP contribution in [0.3, 0.4) is 0 Å². The van der Waals surface area contributed by atoms with Crippen molar-refractivity contribution >= 4 is 5.91 Å². The number of hydrogen-bond donors (Lipinski definition) is 1. The summed E-state index contributed by atoms with van der Waals surface area (Å²) in [6.07, 6.45) is 4.16. The summed E-state index contributed by atoms with van der Waals surface area (Å²) in [6, 6.07) is 0.173. The molecule has 0 radical (unpaired) electrons. The molecule has 0 saturated carbocycles. The number of rotatable bonds is 8. The first-order chi connectivity index (χ1) is 7.52. The number of nitrogens with zero attached hydrogens (tertiary/aromatic N) is 2. The Bertz CT molecular complexity index is 195. The lowest BCUT2D eigenvalue weighted by Crippen LogP contribution is -2.42. The van der Waals surface area contributed by atoms with Crippen LogP contribution in [-0.2, 0) is 4.79 Å². The van der Waals surface area contributed by atoms with Gasteiger partial charge in [-0.2, -0.15) is 0 Å². The molecule has 1 unspecified atom stereocenters. The Morgan fingerprint density at radius 1 is 1.25 bits per heavy atom. The molecule has 2 N–H and O–H groups in total. The van der Waals surface area contributed by atoms with Crippen LogP contribution >= 0.6 is 0 Å². The van der Waals surface area contributed by atoms with Gasteiger partial charge in [-0.15, -0.1) is 0 Å². The number of hydrogen-bond acceptors (Lipinski definition) is 3.